The van der Waals surface area contributed by atoms with Gasteiger partial charge in [0.1, 0.15) is 11.5 Å². The van der Waals surface area contributed by atoms with E-state index in [-0.39, 0.29) is 5.75 Å². The molecular formula is C9H11N3O2. The lowest BCUT2D eigenvalue weighted by Gasteiger charge is -2.06. The molecule has 0 heterocycles. The van der Waals surface area contributed by atoms with Crippen molar-refractivity contribution in [1.82, 2.24) is 0 Å². The van der Waals surface area contributed by atoms with Crippen molar-refractivity contribution in [1.29, 1.82) is 0 Å². The number of hydrogen-bond acceptors (Lipinski definition) is 3. The third kappa shape index (κ3) is 2.57. The molecule has 0 fully saturated rings. The van der Waals surface area contributed by atoms with Gasteiger partial charge in [-0.05, 0) is 23.6 Å². The van der Waals surface area contributed by atoms with Crippen molar-refractivity contribution in [2.45, 2.75) is 6.42 Å². The van der Waals surface area contributed by atoms with Crippen LogP contribution in [0.3, 0.4) is 0 Å². The van der Waals surface area contributed by atoms with Gasteiger partial charge in [0.2, 0.25) is 0 Å². The second-order valence-electron chi connectivity index (χ2n) is 2.70. The molecule has 0 spiro atoms. The predicted octanol–water partition coefficient (Wildman–Crippen LogP) is 2.25. The molecule has 74 valence electrons. The number of nitrogens with zero attached hydrogens (tertiary/aromatic N) is 3. The number of ether oxygens (including phenoxy) is 1. The van der Waals surface area contributed by atoms with Crippen molar-refractivity contribution >= 4 is 0 Å². The van der Waals surface area contributed by atoms with Gasteiger partial charge in [0.25, 0.3) is 0 Å². The zero-order valence-corrected chi connectivity index (χ0v) is 7.84. The molecule has 0 aliphatic carbocycles. The van der Waals surface area contributed by atoms with Crippen LogP contribution in [-0.2, 0) is 6.42 Å². The van der Waals surface area contributed by atoms with Gasteiger partial charge in [-0.2, -0.15) is 0 Å². The van der Waals surface area contributed by atoms with Gasteiger partial charge in [-0.25, -0.2) is 0 Å². The van der Waals surface area contributed by atoms with Crippen molar-refractivity contribution in [3.05, 3.63) is 34.2 Å². The summed E-state index contributed by atoms with van der Waals surface area (Å²) in [5.41, 5.74) is 9.02. The quantitative estimate of drug-likeness (QED) is 0.452. The monoisotopic (exact) mass is 193 g/mol. The van der Waals surface area contributed by atoms with Crippen LogP contribution in [0, 0.1) is 0 Å². The Hall–Kier alpha value is -1.87. The highest BCUT2D eigenvalue weighted by atomic mass is 16.5. The second-order valence-corrected chi connectivity index (χ2v) is 2.70. The normalized spacial score (nSPS) is 9.21. The maximum Gasteiger partial charge on any atom is 0.125 e. The van der Waals surface area contributed by atoms with Crippen LogP contribution < -0.4 is 4.74 Å². The molecule has 14 heavy (non-hydrogen) atoms. The Morgan fingerprint density at radius 1 is 1.57 bits per heavy atom. The number of phenolic OH excluding ortho intramolecular Hbond substituents is 1. The Labute approximate surface area is 81.6 Å². The Balaban J connectivity index is 2.79. The van der Waals surface area contributed by atoms with Crippen LogP contribution in [0.15, 0.2) is 23.3 Å². The van der Waals surface area contributed by atoms with Crippen molar-refractivity contribution < 1.29 is 9.84 Å². The SMILES string of the molecule is COc1cc(O)ccc1CCN=[N+]=[N-]. The van der Waals surface area contributed by atoms with E-state index in [0.717, 1.165) is 5.56 Å². The molecule has 0 aliphatic rings. The van der Waals surface area contributed by atoms with Crippen LogP contribution in [-0.4, -0.2) is 18.8 Å². The number of azide groups is 1. The fourth-order valence-electron chi connectivity index (χ4n) is 1.15. The molecule has 5 heteroatoms. The lowest BCUT2D eigenvalue weighted by atomic mass is 10.1. The second kappa shape index (κ2) is 4.99. The van der Waals surface area contributed by atoms with Crippen molar-refractivity contribution in [2.24, 2.45) is 5.11 Å². The zero-order valence-electron chi connectivity index (χ0n) is 7.84. The van der Waals surface area contributed by atoms with Gasteiger partial charge in [0.05, 0.1) is 7.11 Å². The first-order valence-electron chi connectivity index (χ1n) is 4.14. The van der Waals surface area contributed by atoms with Gasteiger partial charge < -0.3 is 9.84 Å². The summed E-state index contributed by atoms with van der Waals surface area (Å²) in [4.78, 5) is 2.66. The Bertz CT molecular complexity index is 359. The number of benzene rings is 1. The fourth-order valence-corrected chi connectivity index (χ4v) is 1.15. The largest absolute Gasteiger partial charge is 0.508 e. The third-order valence-electron chi connectivity index (χ3n) is 1.82. The maximum absolute atomic E-state index is 9.18. The first-order valence-corrected chi connectivity index (χ1v) is 4.14. The zero-order chi connectivity index (χ0) is 10.4. The summed E-state index contributed by atoms with van der Waals surface area (Å²) in [7, 11) is 1.53. The summed E-state index contributed by atoms with van der Waals surface area (Å²) >= 11 is 0. The Morgan fingerprint density at radius 2 is 2.36 bits per heavy atom. The summed E-state index contributed by atoms with van der Waals surface area (Å²) in [5.74, 6) is 0.771. The molecule has 0 aliphatic heterocycles. The van der Waals surface area contributed by atoms with Gasteiger partial charge in [-0.15, -0.1) is 0 Å². The van der Waals surface area contributed by atoms with Gasteiger partial charge in [-0.1, -0.05) is 11.2 Å². The first-order chi connectivity index (χ1) is 6.77. The summed E-state index contributed by atoms with van der Waals surface area (Å²) in [5, 5.41) is 12.6. The van der Waals surface area contributed by atoms with E-state index in [1.54, 1.807) is 12.1 Å². The molecule has 0 amide bonds. The molecule has 5 nitrogen and oxygen atoms in total. The highest BCUT2D eigenvalue weighted by molar-refractivity contribution is 5.40. The van der Waals surface area contributed by atoms with Crippen LogP contribution in [0.25, 0.3) is 10.4 Å². The minimum atomic E-state index is 0.161. The average molecular weight is 193 g/mol. The number of rotatable bonds is 4. The molecule has 0 radical (unpaired) electrons. The van der Waals surface area contributed by atoms with Gasteiger partial charge in [0, 0.05) is 17.5 Å². The minimum absolute atomic E-state index is 0.161. The lowest BCUT2D eigenvalue weighted by molar-refractivity contribution is 0.403. The Kier molecular flexibility index (Phi) is 3.64. The number of phenols is 1. The summed E-state index contributed by atoms with van der Waals surface area (Å²) < 4.78 is 5.06. The van der Waals surface area contributed by atoms with E-state index in [0.29, 0.717) is 18.7 Å². The van der Waals surface area contributed by atoms with Crippen molar-refractivity contribution in [3.8, 4) is 11.5 Å². The fraction of sp³-hybridized carbons (Fsp3) is 0.333. The van der Waals surface area contributed by atoms with Crippen molar-refractivity contribution in [2.75, 3.05) is 13.7 Å². The van der Waals surface area contributed by atoms with E-state index in [1.807, 2.05) is 0 Å². The molecule has 0 bridgehead atoms. The van der Waals surface area contributed by atoms with E-state index in [4.69, 9.17) is 10.3 Å². The van der Waals surface area contributed by atoms with Gasteiger partial charge >= 0.3 is 0 Å². The molecule has 1 N–H and O–H groups in total. The summed E-state index contributed by atoms with van der Waals surface area (Å²) in [6, 6.07) is 4.86. The molecule has 0 saturated heterocycles. The number of aromatic hydroxyl groups is 1. The molecule has 1 aromatic carbocycles. The Morgan fingerprint density at radius 3 is 3.00 bits per heavy atom. The highest BCUT2D eigenvalue weighted by Gasteiger charge is 2.02. The van der Waals surface area contributed by atoms with Crippen LogP contribution in [0.4, 0.5) is 0 Å². The molecule has 0 unspecified atom stereocenters. The molecule has 0 atom stereocenters. The third-order valence-corrected chi connectivity index (χ3v) is 1.82. The lowest BCUT2D eigenvalue weighted by Crippen LogP contribution is -1.93. The molecule has 0 aromatic heterocycles. The van der Waals surface area contributed by atoms with Crippen LogP contribution in [0.5, 0.6) is 11.5 Å². The van der Waals surface area contributed by atoms with E-state index in [9.17, 15) is 5.11 Å². The topological polar surface area (TPSA) is 78.2 Å². The van der Waals surface area contributed by atoms with Crippen LogP contribution in [0.2, 0.25) is 0 Å². The van der Waals surface area contributed by atoms with E-state index in [1.165, 1.54) is 13.2 Å². The van der Waals surface area contributed by atoms with Crippen LogP contribution >= 0.6 is 0 Å². The predicted molar refractivity (Wildman–Crippen MR) is 52.4 cm³/mol. The standard InChI is InChI=1S/C9H11N3O2/c1-14-9-6-8(13)3-2-7(9)4-5-11-12-10/h2-3,6,13H,4-5H2,1H3. The minimum Gasteiger partial charge on any atom is -0.508 e. The van der Waals surface area contributed by atoms with Gasteiger partial charge in [-0.3, -0.25) is 0 Å². The highest BCUT2D eigenvalue weighted by Crippen LogP contribution is 2.23. The first kappa shape index (κ1) is 10.2. The van der Waals surface area contributed by atoms with Crippen molar-refractivity contribution in [3.63, 3.8) is 0 Å². The van der Waals surface area contributed by atoms with Crippen LogP contribution in [0.1, 0.15) is 5.56 Å². The van der Waals surface area contributed by atoms with E-state index >= 15 is 0 Å². The molecule has 0 saturated carbocycles. The number of hydrogen-bond donors (Lipinski definition) is 1. The molecular weight excluding hydrogens is 182 g/mol. The van der Waals surface area contributed by atoms with E-state index < -0.39 is 0 Å². The smallest absolute Gasteiger partial charge is 0.125 e. The average Bonchev–Trinajstić information content (AvgIpc) is 2.20. The van der Waals surface area contributed by atoms with Gasteiger partial charge in [0.15, 0.2) is 0 Å². The summed E-state index contributed by atoms with van der Waals surface area (Å²) in [6.07, 6.45) is 0.605. The maximum atomic E-state index is 9.18. The van der Waals surface area contributed by atoms with E-state index in [2.05, 4.69) is 10.0 Å². The molecule has 1 rings (SSSR count). The number of methoxy groups -OCH3 is 1. The summed E-state index contributed by atoms with van der Waals surface area (Å²) in [6.45, 7) is 0.387. The molecule has 1 aromatic rings.